The van der Waals surface area contributed by atoms with E-state index in [1.54, 1.807) is 31.4 Å². The fourth-order valence-electron chi connectivity index (χ4n) is 1.59. The van der Waals surface area contributed by atoms with E-state index in [1.165, 1.54) is 16.9 Å². The van der Waals surface area contributed by atoms with Gasteiger partial charge in [-0.05, 0) is 30.3 Å². The van der Waals surface area contributed by atoms with Gasteiger partial charge in [0.05, 0.1) is 7.11 Å². The summed E-state index contributed by atoms with van der Waals surface area (Å²) < 4.78 is 6.28. The number of aromatic nitrogens is 2. The molecule has 0 radical (unpaired) electrons. The van der Waals surface area contributed by atoms with E-state index < -0.39 is 5.97 Å². The molecule has 0 aliphatic heterocycles. The van der Waals surface area contributed by atoms with Gasteiger partial charge in [0.2, 0.25) is 5.91 Å². The van der Waals surface area contributed by atoms with Gasteiger partial charge >= 0.3 is 5.97 Å². The summed E-state index contributed by atoms with van der Waals surface area (Å²) in [7, 11) is 1.56. The molecule has 2 aromatic rings. The number of nitrogens with one attached hydrogen (secondary N) is 1. The summed E-state index contributed by atoms with van der Waals surface area (Å²) in [6, 6.07) is 8.21. The second-order valence-corrected chi connectivity index (χ2v) is 3.98. The van der Waals surface area contributed by atoms with Crippen LogP contribution in [0.1, 0.15) is 10.5 Å². The number of benzene rings is 1. The Kier molecular flexibility index (Phi) is 3.99. The molecule has 0 bridgehead atoms. The fraction of sp³-hybridized carbons (Fsp3) is 0.154. The first-order valence-corrected chi connectivity index (χ1v) is 5.79. The van der Waals surface area contributed by atoms with Crippen LogP contribution in [0.15, 0.2) is 36.5 Å². The number of carboxylic acids is 1. The maximum atomic E-state index is 11.8. The number of rotatable bonds is 5. The Labute approximate surface area is 114 Å². The predicted molar refractivity (Wildman–Crippen MR) is 70.8 cm³/mol. The van der Waals surface area contributed by atoms with Gasteiger partial charge in [-0.3, -0.25) is 9.48 Å². The van der Waals surface area contributed by atoms with E-state index >= 15 is 0 Å². The molecule has 1 aromatic carbocycles. The highest BCUT2D eigenvalue weighted by Crippen LogP contribution is 2.14. The van der Waals surface area contributed by atoms with Crippen molar-refractivity contribution >= 4 is 17.6 Å². The van der Waals surface area contributed by atoms with Crippen molar-refractivity contribution < 1.29 is 19.4 Å². The van der Waals surface area contributed by atoms with Crippen LogP contribution in [0.3, 0.4) is 0 Å². The summed E-state index contributed by atoms with van der Waals surface area (Å²) in [4.78, 5) is 22.4. The Morgan fingerprint density at radius 1 is 1.30 bits per heavy atom. The molecular weight excluding hydrogens is 262 g/mol. The number of nitrogens with zero attached hydrogens (tertiary/aromatic N) is 2. The lowest BCUT2D eigenvalue weighted by atomic mass is 10.3. The molecule has 0 fully saturated rings. The molecule has 0 aliphatic carbocycles. The Morgan fingerprint density at radius 2 is 2.00 bits per heavy atom. The van der Waals surface area contributed by atoms with E-state index in [-0.39, 0.29) is 18.1 Å². The van der Waals surface area contributed by atoms with Crippen LogP contribution < -0.4 is 10.1 Å². The van der Waals surface area contributed by atoms with Crippen LogP contribution in [0.25, 0.3) is 0 Å². The number of aromatic carboxylic acids is 1. The average molecular weight is 275 g/mol. The summed E-state index contributed by atoms with van der Waals surface area (Å²) in [5.41, 5.74) is 0.531. The van der Waals surface area contributed by atoms with Crippen LogP contribution in [0.5, 0.6) is 5.75 Å². The monoisotopic (exact) mass is 275 g/mol. The summed E-state index contributed by atoms with van der Waals surface area (Å²) in [6.07, 6.45) is 1.44. The molecule has 20 heavy (non-hydrogen) atoms. The predicted octanol–water partition coefficient (Wildman–Crippen LogP) is 1.23. The second-order valence-electron chi connectivity index (χ2n) is 3.98. The SMILES string of the molecule is COc1ccc(NC(=O)Cn2ccc(C(=O)O)n2)cc1. The molecule has 0 saturated heterocycles. The van der Waals surface area contributed by atoms with Crippen LogP contribution in [0, 0.1) is 0 Å². The number of hydrogen-bond donors (Lipinski definition) is 2. The van der Waals surface area contributed by atoms with Crippen molar-refractivity contribution in [2.75, 3.05) is 12.4 Å². The van der Waals surface area contributed by atoms with Crippen molar-refractivity contribution in [3.63, 3.8) is 0 Å². The third-order valence-electron chi connectivity index (χ3n) is 2.54. The normalized spacial score (nSPS) is 10.1. The molecule has 104 valence electrons. The van der Waals surface area contributed by atoms with E-state index in [2.05, 4.69) is 10.4 Å². The standard InChI is InChI=1S/C13H13N3O4/c1-20-10-4-2-9(3-5-10)14-12(17)8-16-7-6-11(15-16)13(18)19/h2-7H,8H2,1H3,(H,14,17)(H,18,19). The summed E-state index contributed by atoms with van der Waals surface area (Å²) >= 11 is 0. The number of anilines is 1. The van der Waals surface area contributed by atoms with E-state index in [1.807, 2.05) is 0 Å². The van der Waals surface area contributed by atoms with Crippen LogP contribution in [0.4, 0.5) is 5.69 Å². The number of carbonyl (C=O) groups excluding carboxylic acids is 1. The molecule has 2 N–H and O–H groups in total. The van der Waals surface area contributed by atoms with E-state index in [0.29, 0.717) is 11.4 Å². The fourth-order valence-corrected chi connectivity index (χ4v) is 1.59. The first-order valence-electron chi connectivity index (χ1n) is 5.79. The molecule has 7 nitrogen and oxygen atoms in total. The lowest BCUT2D eigenvalue weighted by molar-refractivity contribution is -0.116. The maximum Gasteiger partial charge on any atom is 0.356 e. The molecule has 0 spiro atoms. The minimum atomic E-state index is -1.13. The first-order chi connectivity index (χ1) is 9.58. The van der Waals surface area contributed by atoms with Gasteiger partial charge in [0.15, 0.2) is 5.69 Å². The third kappa shape index (κ3) is 3.35. The minimum Gasteiger partial charge on any atom is -0.497 e. The molecule has 0 atom stereocenters. The van der Waals surface area contributed by atoms with Gasteiger partial charge in [-0.25, -0.2) is 4.79 Å². The first kappa shape index (κ1) is 13.6. The Morgan fingerprint density at radius 3 is 2.55 bits per heavy atom. The largest absolute Gasteiger partial charge is 0.497 e. The van der Waals surface area contributed by atoms with E-state index in [4.69, 9.17) is 9.84 Å². The van der Waals surface area contributed by atoms with Gasteiger partial charge < -0.3 is 15.2 Å². The van der Waals surface area contributed by atoms with Crippen molar-refractivity contribution in [1.82, 2.24) is 9.78 Å². The third-order valence-corrected chi connectivity index (χ3v) is 2.54. The minimum absolute atomic E-state index is 0.0562. The Bertz CT molecular complexity index is 619. The van der Waals surface area contributed by atoms with Crippen molar-refractivity contribution in [3.05, 3.63) is 42.2 Å². The number of ether oxygens (including phenoxy) is 1. The Hall–Kier alpha value is -2.83. The molecule has 1 amide bonds. The molecule has 2 rings (SSSR count). The number of carboxylic acid groups (broad SMARTS) is 1. The van der Waals surface area contributed by atoms with Gasteiger partial charge in [0.25, 0.3) is 0 Å². The van der Waals surface area contributed by atoms with Gasteiger partial charge in [0.1, 0.15) is 12.3 Å². The number of amides is 1. The molecular formula is C13H13N3O4. The smallest absolute Gasteiger partial charge is 0.356 e. The van der Waals surface area contributed by atoms with Gasteiger partial charge in [-0.2, -0.15) is 5.10 Å². The molecule has 7 heteroatoms. The zero-order valence-electron chi connectivity index (χ0n) is 10.7. The second kappa shape index (κ2) is 5.87. The maximum absolute atomic E-state index is 11.8. The van der Waals surface area contributed by atoms with Crippen LogP contribution in [0.2, 0.25) is 0 Å². The van der Waals surface area contributed by atoms with Gasteiger partial charge in [0, 0.05) is 11.9 Å². The summed E-state index contributed by atoms with van der Waals surface area (Å²) in [5.74, 6) is -0.726. The van der Waals surface area contributed by atoms with Gasteiger partial charge in [-0.15, -0.1) is 0 Å². The number of methoxy groups -OCH3 is 1. The highest BCUT2D eigenvalue weighted by atomic mass is 16.5. The van der Waals surface area contributed by atoms with Crippen molar-refractivity contribution in [1.29, 1.82) is 0 Å². The molecule has 1 aromatic heterocycles. The molecule has 0 unspecified atom stereocenters. The quantitative estimate of drug-likeness (QED) is 0.856. The number of hydrogen-bond acceptors (Lipinski definition) is 4. The lowest BCUT2D eigenvalue weighted by Crippen LogP contribution is -2.19. The highest BCUT2D eigenvalue weighted by molar-refractivity contribution is 5.90. The highest BCUT2D eigenvalue weighted by Gasteiger charge is 2.09. The molecule has 0 aliphatic rings. The van der Waals surface area contributed by atoms with Crippen LogP contribution in [-0.4, -0.2) is 33.9 Å². The topological polar surface area (TPSA) is 93.5 Å². The van der Waals surface area contributed by atoms with Crippen molar-refractivity contribution in [2.24, 2.45) is 0 Å². The van der Waals surface area contributed by atoms with Crippen LogP contribution >= 0.6 is 0 Å². The van der Waals surface area contributed by atoms with Crippen molar-refractivity contribution in [3.8, 4) is 5.75 Å². The lowest BCUT2D eigenvalue weighted by Gasteiger charge is -2.06. The van der Waals surface area contributed by atoms with Crippen LogP contribution in [-0.2, 0) is 11.3 Å². The molecule has 0 saturated carbocycles. The van der Waals surface area contributed by atoms with Crippen molar-refractivity contribution in [2.45, 2.75) is 6.54 Å². The van der Waals surface area contributed by atoms with E-state index in [0.717, 1.165) is 0 Å². The number of carbonyl (C=O) groups is 2. The van der Waals surface area contributed by atoms with E-state index in [9.17, 15) is 9.59 Å². The van der Waals surface area contributed by atoms with Gasteiger partial charge in [-0.1, -0.05) is 0 Å². The molecule has 1 heterocycles. The summed E-state index contributed by atoms with van der Waals surface area (Å²) in [5, 5.41) is 15.2. The average Bonchev–Trinajstić information content (AvgIpc) is 2.88. The summed E-state index contributed by atoms with van der Waals surface area (Å²) in [6.45, 7) is -0.0562. The Balaban J connectivity index is 1.95. The zero-order chi connectivity index (χ0) is 14.5. The zero-order valence-corrected chi connectivity index (χ0v) is 10.7.